The molecule has 94 valence electrons. The zero-order chi connectivity index (χ0) is 13.2. The first-order valence-corrected chi connectivity index (χ1v) is 4.94. The first kappa shape index (κ1) is 13.8. The molecule has 0 aliphatic heterocycles. The van der Waals surface area contributed by atoms with Gasteiger partial charge in [-0.15, -0.1) is 0 Å². The third-order valence-electron chi connectivity index (χ3n) is 2.14. The van der Waals surface area contributed by atoms with Crippen LogP contribution < -0.4 is 5.73 Å². The SMILES string of the molecule is NC(Cc1cccc(C(F)(F)F)c1Cl)C(=O)O. The van der Waals surface area contributed by atoms with E-state index in [0.717, 1.165) is 6.07 Å². The Morgan fingerprint density at radius 2 is 2.06 bits per heavy atom. The van der Waals surface area contributed by atoms with Crippen molar-refractivity contribution in [3.63, 3.8) is 0 Å². The lowest BCUT2D eigenvalue weighted by Gasteiger charge is -2.13. The van der Waals surface area contributed by atoms with E-state index in [-0.39, 0.29) is 12.0 Å². The average Bonchev–Trinajstić information content (AvgIpc) is 2.19. The van der Waals surface area contributed by atoms with Crippen molar-refractivity contribution >= 4 is 17.6 Å². The van der Waals surface area contributed by atoms with Gasteiger partial charge in [-0.25, -0.2) is 0 Å². The summed E-state index contributed by atoms with van der Waals surface area (Å²) in [5, 5.41) is 8.07. The van der Waals surface area contributed by atoms with Crippen LogP contribution in [0.3, 0.4) is 0 Å². The van der Waals surface area contributed by atoms with Crippen molar-refractivity contribution in [3.8, 4) is 0 Å². The number of halogens is 4. The van der Waals surface area contributed by atoms with Gasteiger partial charge in [-0.05, 0) is 18.1 Å². The van der Waals surface area contributed by atoms with Gasteiger partial charge in [-0.2, -0.15) is 13.2 Å². The van der Waals surface area contributed by atoms with Crippen molar-refractivity contribution in [1.29, 1.82) is 0 Å². The van der Waals surface area contributed by atoms with Crippen LogP contribution in [0.25, 0.3) is 0 Å². The Bertz CT molecular complexity index is 434. The monoisotopic (exact) mass is 267 g/mol. The van der Waals surface area contributed by atoms with Crippen LogP contribution in [-0.2, 0) is 17.4 Å². The van der Waals surface area contributed by atoms with Crippen LogP contribution in [0.1, 0.15) is 11.1 Å². The standard InChI is InChI=1S/C10H9ClF3NO2/c11-8-5(4-7(15)9(16)17)2-1-3-6(8)10(12,13)14/h1-3,7H,4,15H2,(H,16,17). The van der Waals surface area contributed by atoms with E-state index in [1.165, 1.54) is 12.1 Å². The summed E-state index contributed by atoms with van der Waals surface area (Å²) in [7, 11) is 0. The van der Waals surface area contributed by atoms with Crippen molar-refractivity contribution in [1.82, 2.24) is 0 Å². The molecule has 1 aromatic carbocycles. The highest BCUT2D eigenvalue weighted by molar-refractivity contribution is 6.32. The van der Waals surface area contributed by atoms with E-state index in [9.17, 15) is 18.0 Å². The Morgan fingerprint density at radius 3 is 2.53 bits per heavy atom. The second-order valence-electron chi connectivity index (χ2n) is 3.43. The second-order valence-corrected chi connectivity index (χ2v) is 3.80. The van der Waals surface area contributed by atoms with Crippen molar-refractivity contribution in [2.75, 3.05) is 0 Å². The quantitative estimate of drug-likeness (QED) is 0.883. The summed E-state index contributed by atoms with van der Waals surface area (Å²) in [6.07, 6.45) is -4.82. The highest BCUT2D eigenvalue weighted by Gasteiger charge is 2.34. The molecule has 0 saturated carbocycles. The normalized spacial score (nSPS) is 13.5. The number of carboxylic acids is 1. The molecule has 1 unspecified atom stereocenters. The summed E-state index contributed by atoms with van der Waals surface area (Å²) in [6.45, 7) is 0. The maximum absolute atomic E-state index is 12.5. The number of alkyl halides is 3. The minimum atomic E-state index is -4.57. The number of carbonyl (C=O) groups is 1. The second kappa shape index (κ2) is 4.93. The molecule has 0 bridgehead atoms. The molecule has 0 heterocycles. The van der Waals surface area contributed by atoms with Crippen LogP contribution in [0.2, 0.25) is 5.02 Å². The highest BCUT2D eigenvalue weighted by atomic mass is 35.5. The number of carboxylic acid groups (broad SMARTS) is 1. The lowest BCUT2D eigenvalue weighted by atomic mass is 10.0. The first-order valence-electron chi connectivity index (χ1n) is 4.56. The third-order valence-corrected chi connectivity index (χ3v) is 2.59. The van der Waals surface area contributed by atoms with Gasteiger partial charge in [0.1, 0.15) is 6.04 Å². The first-order chi connectivity index (χ1) is 7.73. The van der Waals surface area contributed by atoms with E-state index in [2.05, 4.69) is 0 Å². The zero-order valence-electron chi connectivity index (χ0n) is 8.46. The third kappa shape index (κ3) is 3.34. The number of aliphatic carboxylic acids is 1. The Balaban J connectivity index is 3.07. The molecular formula is C10H9ClF3NO2. The van der Waals surface area contributed by atoms with E-state index >= 15 is 0 Å². The van der Waals surface area contributed by atoms with Gasteiger partial charge >= 0.3 is 12.1 Å². The van der Waals surface area contributed by atoms with E-state index in [1.54, 1.807) is 0 Å². The van der Waals surface area contributed by atoms with Crippen LogP contribution in [0, 0.1) is 0 Å². The number of rotatable bonds is 3. The molecule has 0 spiro atoms. The van der Waals surface area contributed by atoms with E-state index in [0.29, 0.717) is 0 Å². The summed E-state index contributed by atoms with van der Waals surface area (Å²) in [5.41, 5.74) is 4.31. The highest BCUT2D eigenvalue weighted by Crippen LogP contribution is 2.36. The molecule has 0 radical (unpaired) electrons. The molecule has 0 amide bonds. The van der Waals surface area contributed by atoms with Crippen LogP contribution in [-0.4, -0.2) is 17.1 Å². The van der Waals surface area contributed by atoms with Crippen molar-refractivity contribution in [3.05, 3.63) is 34.3 Å². The van der Waals surface area contributed by atoms with Crippen LogP contribution in [0.5, 0.6) is 0 Å². The molecule has 0 aliphatic rings. The predicted octanol–water partition coefficient (Wildman–Crippen LogP) is 2.31. The van der Waals surface area contributed by atoms with Gasteiger partial charge in [0.05, 0.1) is 10.6 Å². The Morgan fingerprint density at radius 1 is 1.47 bits per heavy atom. The predicted molar refractivity (Wildman–Crippen MR) is 55.8 cm³/mol. The molecule has 0 fully saturated rings. The van der Waals surface area contributed by atoms with Gasteiger partial charge in [0.2, 0.25) is 0 Å². The molecular weight excluding hydrogens is 259 g/mol. The minimum Gasteiger partial charge on any atom is -0.480 e. The average molecular weight is 268 g/mol. The maximum atomic E-state index is 12.5. The number of nitrogens with two attached hydrogens (primary N) is 1. The van der Waals surface area contributed by atoms with Gasteiger partial charge in [-0.1, -0.05) is 23.7 Å². The number of hydrogen-bond donors (Lipinski definition) is 2. The van der Waals surface area contributed by atoms with Gasteiger partial charge in [0, 0.05) is 0 Å². The Labute approximate surface area is 100.0 Å². The Kier molecular flexibility index (Phi) is 4.00. The van der Waals surface area contributed by atoms with Crippen LogP contribution in [0.15, 0.2) is 18.2 Å². The minimum absolute atomic E-state index is 0.0661. The molecule has 3 nitrogen and oxygen atoms in total. The van der Waals surface area contributed by atoms with E-state index in [4.69, 9.17) is 22.4 Å². The molecule has 17 heavy (non-hydrogen) atoms. The molecule has 0 aliphatic carbocycles. The van der Waals surface area contributed by atoms with Crippen molar-refractivity contribution in [2.45, 2.75) is 18.6 Å². The fraction of sp³-hybridized carbons (Fsp3) is 0.300. The summed E-state index contributed by atoms with van der Waals surface area (Å²) in [4.78, 5) is 10.5. The smallest absolute Gasteiger partial charge is 0.417 e. The van der Waals surface area contributed by atoms with Crippen LogP contribution in [0.4, 0.5) is 13.2 Å². The molecule has 3 N–H and O–H groups in total. The summed E-state index contributed by atoms with van der Waals surface area (Å²) in [5.74, 6) is -1.29. The van der Waals surface area contributed by atoms with E-state index in [1.807, 2.05) is 0 Å². The summed E-state index contributed by atoms with van der Waals surface area (Å²) < 4.78 is 37.5. The number of benzene rings is 1. The number of hydrogen-bond acceptors (Lipinski definition) is 2. The fourth-order valence-corrected chi connectivity index (χ4v) is 1.59. The van der Waals surface area contributed by atoms with Gasteiger partial charge in [0.25, 0.3) is 0 Å². The van der Waals surface area contributed by atoms with Gasteiger partial charge < -0.3 is 10.8 Å². The molecule has 7 heteroatoms. The van der Waals surface area contributed by atoms with Crippen molar-refractivity contribution in [2.24, 2.45) is 5.73 Å². The molecule has 0 saturated heterocycles. The molecule has 1 atom stereocenters. The largest absolute Gasteiger partial charge is 0.480 e. The van der Waals surface area contributed by atoms with Gasteiger partial charge in [-0.3, -0.25) is 4.79 Å². The molecule has 0 aromatic heterocycles. The fourth-order valence-electron chi connectivity index (χ4n) is 1.28. The van der Waals surface area contributed by atoms with Gasteiger partial charge in [0.15, 0.2) is 0 Å². The Hall–Kier alpha value is -1.27. The lowest BCUT2D eigenvalue weighted by Crippen LogP contribution is -2.32. The molecule has 1 rings (SSSR count). The van der Waals surface area contributed by atoms with Crippen LogP contribution >= 0.6 is 11.6 Å². The maximum Gasteiger partial charge on any atom is 0.417 e. The molecule has 1 aromatic rings. The summed E-state index contributed by atoms with van der Waals surface area (Å²) in [6, 6.07) is 2.04. The van der Waals surface area contributed by atoms with Crippen molar-refractivity contribution < 1.29 is 23.1 Å². The summed E-state index contributed by atoms with van der Waals surface area (Å²) >= 11 is 5.57. The lowest BCUT2D eigenvalue weighted by molar-refractivity contribution is -0.138. The van der Waals surface area contributed by atoms with E-state index < -0.39 is 28.8 Å². The zero-order valence-corrected chi connectivity index (χ0v) is 9.22. The topological polar surface area (TPSA) is 63.3 Å².